The number of phosphoric acid groups is 1. The molecule has 0 amide bonds. The van der Waals surface area contributed by atoms with Crippen molar-refractivity contribution in [2.75, 3.05) is 26.4 Å². The summed E-state index contributed by atoms with van der Waals surface area (Å²) < 4.78 is 32.8. The van der Waals surface area contributed by atoms with E-state index in [0.717, 1.165) is 57.8 Å². The van der Waals surface area contributed by atoms with Crippen LogP contribution < -0.4 is 5.73 Å². The second-order valence-corrected chi connectivity index (χ2v) is 16.7. The quantitative estimate of drug-likeness (QED) is 0.0267. The number of hydrogen-bond donors (Lipinski definition) is 2. The van der Waals surface area contributed by atoms with E-state index < -0.39 is 26.5 Å². The Morgan fingerprint density at radius 1 is 0.527 bits per heavy atom. The van der Waals surface area contributed by atoms with Crippen molar-refractivity contribution in [3.63, 3.8) is 0 Å². The fourth-order valence-corrected chi connectivity index (χ4v) is 7.15. The number of carbonyl (C=O) groups is 2. The summed E-state index contributed by atoms with van der Waals surface area (Å²) >= 11 is 0. The average Bonchev–Trinajstić information content (AvgIpc) is 3.17. The van der Waals surface area contributed by atoms with Crippen LogP contribution in [-0.2, 0) is 32.7 Å². The van der Waals surface area contributed by atoms with Crippen molar-refractivity contribution in [3.8, 4) is 0 Å². The van der Waals surface area contributed by atoms with Gasteiger partial charge in [-0.3, -0.25) is 18.6 Å². The molecular weight excluding hydrogens is 713 g/mol. The van der Waals surface area contributed by atoms with E-state index in [1.807, 2.05) is 0 Å². The molecule has 1 unspecified atom stereocenters. The molecule has 0 aromatic heterocycles. The number of carbonyl (C=O) groups excluding carboxylic acids is 2. The third-order valence-corrected chi connectivity index (χ3v) is 10.8. The lowest BCUT2D eigenvalue weighted by molar-refractivity contribution is -0.161. The third kappa shape index (κ3) is 41.9. The van der Waals surface area contributed by atoms with Crippen LogP contribution in [0.3, 0.4) is 0 Å². The molecule has 324 valence electrons. The Balaban J connectivity index is 4.12. The lowest BCUT2D eigenvalue weighted by Crippen LogP contribution is -2.29. The fraction of sp³-hybridized carbons (Fsp3) is 0.867. The minimum atomic E-state index is -4.38. The van der Waals surface area contributed by atoms with Crippen molar-refractivity contribution in [2.45, 2.75) is 225 Å². The minimum Gasteiger partial charge on any atom is -0.462 e. The van der Waals surface area contributed by atoms with Crippen molar-refractivity contribution in [3.05, 3.63) is 24.3 Å². The smallest absolute Gasteiger partial charge is 0.462 e. The summed E-state index contributed by atoms with van der Waals surface area (Å²) in [7, 11) is -4.38. The first kappa shape index (κ1) is 53.5. The van der Waals surface area contributed by atoms with Crippen LogP contribution in [0.2, 0.25) is 0 Å². The van der Waals surface area contributed by atoms with Crippen LogP contribution in [0.15, 0.2) is 24.3 Å². The first-order chi connectivity index (χ1) is 26.8. The highest BCUT2D eigenvalue weighted by Gasteiger charge is 2.26. The van der Waals surface area contributed by atoms with Crippen molar-refractivity contribution < 1.29 is 37.6 Å². The molecule has 9 nitrogen and oxygen atoms in total. The molecule has 0 radical (unpaired) electrons. The van der Waals surface area contributed by atoms with Gasteiger partial charge in [-0.1, -0.05) is 167 Å². The van der Waals surface area contributed by atoms with Crippen LogP contribution in [0.4, 0.5) is 0 Å². The number of esters is 2. The molecule has 0 aliphatic carbocycles. The van der Waals surface area contributed by atoms with Gasteiger partial charge >= 0.3 is 19.8 Å². The van der Waals surface area contributed by atoms with Gasteiger partial charge in [0.05, 0.1) is 13.2 Å². The Morgan fingerprint density at radius 2 is 0.891 bits per heavy atom. The van der Waals surface area contributed by atoms with Crippen molar-refractivity contribution in [2.24, 2.45) is 5.73 Å². The van der Waals surface area contributed by atoms with Crippen LogP contribution in [0.1, 0.15) is 219 Å². The second kappa shape index (κ2) is 42.1. The van der Waals surface area contributed by atoms with Crippen molar-refractivity contribution >= 4 is 19.8 Å². The Morgan fingerprint density at radius 3 is 1.29 bits per heavy atom. The lowest BCUT2D eigenvalue weighted by Gasteiger charge is -2.19. The zero-order valence-electron chi connectivity index (χ0n) is 35.7. The number of phosphoric ester groups is 1. The minimum absolute atomic E-state index is 0.0532. The Hall–Kier alpha value is -1.51. The number of hydrogen-bond acceptors (Lipinski definition) is 8. The predicted octanol–water partition coefficient (Wildman–Crippen LogP) is 13.2. The highest BCUT2D eigenvalue weighted by atomic mass is 31.2. The van der Waals surface area contributed by atoms with E-state index in [1.54, 1.807) is 0 Å². The topological polar surface area (TPSA) is 134 Å². The molecule has 3 N–H and O–H groups in total. The number of rotatable bonds is 43. The molecule has 0 fully saturated rings. The molecule has 0 bridgehead atoms. The summed E-state index contributed by atoms with van der Waals surface area (Å²) in [5.41, 5.74) is 5.35. The second-order valence-electron chi connectivity index (χ2n) is 15.3. The van der Waals surface area contributed by atoms with Crippen molar-refractivity contribution in [1.82, 2.24) is 0 Å². The summed E-state index contributed by atoms with van der Waals surface area (Å²) in [6.07, 6.45) is 44.9. The summed E-state index contributed by atoms with van der Waals surface area (Å²) in [4.78, 5) is 34.9. The molecule has 0 aliphatic heterocycles. The van der Waals surface area contributed by atoms with E-state index >= 15 is 0 Å². The first-order valence-corrected chi connectivity index (χ1v) is 24.3. The average molecular weight is 800 g/mol. The van der Waals surface area contributed by atoms with Gasteiger partial charge in [0.25, 0.3) is 0 Å². The van der Waals surface area contributed by atoms with Crippen LogP contribution in [0.5, 0.6) is 0 Å². The van der Waals surface area contributed by atoms with Gasteiger partial charge in [-0.15, -0.1) is 0 Å². The maximum absolute atomic E-state index is 12.6. The molecule has 0 spiro atoms. The summed E-state index contributed by atoms with van der Waals surface area (Å²) in [6, 6.07) is 0. The van der Waals surface area contributed by atoms with E-state index in [-0.39, 0.29) is 38.6 Å². The molecule has 0 rings (SSSR count). The third-order valence-electron chi connectivity index (χ3n) is 9.81. The monoisotopic (exact) mass is 800 g/mol. The predicted molar refractivity (Wildman–Crippen MR) is 229 cm³/mol. The van der Waals surface area contributed by atoms with E-state index in [2.05, 4.69) is 38.2 Å². The molecule has 55 heavy (non-hydrogen) atoms. The van der Waals surface area contributed by atoms with Gasteiger partial charge in [-0.05, 0) is 64.2 Å². The summed E-state index contributed by atoms with van der Waals surface area (Å²) in [5, 5.41) is 0. The maximum atomic E-state index is 12.6. The van der Waals surface area contributed by atoms with Crippen LogP contribution >= 0.6 is 7.82 Å². The van der Waals surface area contributed by atoms with Gasteiger partial charge in [-0.2, -0.15) is 0 Å². The summed E-state index contributed by atoms with van der Waals surface area (Å²) in [6.45, 7) is 3.74. The number of allylic oxidation sites excluding steroid dienone is 4. The molecule has 10 heteroatoms. The van der Waals surface area contributed by atoms with E-state index in [4.69, 9.17) is 24.3 Å². The van der Waals surface area contributed by atoms with Gasteiger partial charge in [0.2, 0.25) is 0 Å². The highest BCUT2D eigenvalue weighted by Crippen LogP contribution is 2.43. The number of nitrogens with two attached hydrogens (primary N) is 1. The van der Waals surface area contributed by atoms with E-state index in [1.165, 1.54) is 128 Å². The van der Waals surface area contributed by atoms with Gasteiger partial charge in [0, 0.05) is 19.4 Å². The van der Waals surface area contributed by atoms with Gasteiger partial charge in [-0.25, -0.2) is 4.57 Å². The van der Waals surface area contributed by atoms with Crippen LogP contribution in [0.25, 0.3) is 0 Å². The van der Waals surface area contributed by atoms with Crippen LogP contribution in [0, 0.1) is 0 Å². The van der Waals surface area contributed by atoms with E-state index in [0.29, 0.717) is 6.42 Å². The Labute approximate surface area is 338 Å². The lowest BCUT2D eigenvalue weighted by atomic mass is 10.1. The first-order valence-electron chi connectivity index (χ1n) is 22.8. The number of unbranched alkanes of at least 4 members (excludes halogenated alkanes) is 26. The molecule has 0 saturated heterocycles. The highest BCUT2D eigenvalue weighted by molar-refractivity contribution is 7.47. The standard InChI is InChI=1S/C45H86NO8P/c1-3-5-7-9-11-13-15-17-19-21-23-25-27-29-31-33-35-37-44(47)51-41-43(42-53-55(49,50)52-40-39-46)54-45(48)38-36-34-32-30-28-26-24-22-20-18-16-14-12-10-8-6-4-2/h17-20,43H,3-16,21-42,46H2,1-2H3,(H,49,50)/b19-17-,20-18-/t43-/m1/s1. The molecule has 2 atom stereocenters. The maximum Gasteiger partial charge on any atom is 0.472 e. The van der Waals surface area contributed by atoms with Gasteiger partial charge in [0.1, 0.15) is 6.61 Å². The summed E-state index contributed by atoms with van der Waals surface area (Å²) in [5.74, 6) is -0.832. The molecular formula is C45H86NO8P. The zero-order valence-corrected chi connectivity index (χ0v) is 36.6. The number of ether oxygens (including phenoxy) is 2. The Bertz CT molecular complexity index is 959. The Kier molecular flexibility index (Phi) is 40.9. The molecule has 0 saturated carbocycles. The van der Waals surface area contributed by atoms with Crippen LogP contribution in [-0.4, -0.2) is 49.3 Å². The molecule has 0 aliphatic rings. The molecule has 0 heterocycles. The fourth-order valence-electron chi connectivity index (χ4n) is 6.39. The largest absolute Gasteiger partial charge is 0.472 e. The van der Waals surface area contributed by atoms with Gasteiger partial charge < -0.3 is 20.1 Å². The SMILES string of the molecule is CCCCCCCC/C=C\CCCCCCCCCC(=O)OC[C@H](COP(=O)(O)OCCN)OC(=O)CCCCCCCCC/C=C\CCCCCCCC. The van der Waals surface area contributed by atoms with E-state index in [9.17, 15) is 19.0 Å². The zero-order chi connectivity index (χ0) is 40.3. The normalized spacial score (nSPS) is 13.5. The van der Waals surface area contributed by atoms with Gasteiger partial charge in [0.15, 0.2) is 6.10 Å². The molecule has 0 aromatic rings. The molecule has 0 aromatic carbocycles. The van der Waals surface area contributed by atoms with Crippen molar-refractivity contribution in [1.29, 1.82) is 0 Å².